The first-order chi connectivity index (χ1) is 10.4. The molecule has 1 aliphatic rings. The van der Waals surface area contributed by atoms with Gasteiger partial charge in [-0.05, 0) is 24.6 Å². The number of alkyl halides is 3. The minimum Gasteiger partial charge on any atom is -0.383 e. The Kier molecular flexibility index (Phi) is 4.94. The van der Waals surface area contributed by atoms with Crippen molar-refractivity contribution in [1.82, 2.24) is 0 Å². The van der Waals surface area contributed by atoms with Crippen LogP contribution in [-0.4, -0.2) is 39.5 Å². The summed E-state index contributed by atoms with van der Waals surface area (Å²) in [4.78, 5) is 1.84. The van der Waals surface area contributed by atoms with Gasteiger partial charge in [0.05, 0.1) is 35.9 Å². The Morgan fingerprint density at radius 2 is 2.09 bits per heavy atom. The van der Waals surface area contributed by atoms with E-state index in [1.807, 2.05) is 4.90 Å². The fraction of sp³-hybridized carbons (Fsp3) is 0.533. The van der Waals surface area contributed by atoms with Crippen molar-refractivity contribution in [2.45, 2.75) is 24.7 Å². The molecule has 0 saturated carbocycles. The summed E-state index contributed by atoms with van der Waals surface area (Å²) in [5.41, 5.74) is -0.862. The first-order valence-corrected chi connectivity index (χ1v) is 6.80. The van der Waals surface area contributed by atoms with Crippen molar-refractivity contribution in [1.29, 1.82) is 5.26 Å². The van der Waals surface area contributed by atoms with Crippen molar-refractivity contribution in [2.75, 3.05) is 32.3 Å². The minimum atomic E-state index is -4.56. The van der Waals surface area contributed by atoms with Gasteiger partial charge >= 0.3 is 6.18 Å². The van der Waals surface area contributed by atoms with Gasteiger partial charge in [-0.1, -0.05) is 0 Å². The molecule has 1 aromatic carbocycles. The Labute approximate surface area is 127 Å². The number of methoxy groups -OCH3 is 2. The van der Waals surface area contributed by atoms with E-state index in [1.165, 1.54) is 12.1 Å². The number of benzene rings is 1. The summed E-state index contributed by atoms with van der Waals surface area (Å²) in [6.45, 7) is 0.898. The van der Waals surface area contributed by atoms with E-state index < -0.39 is 11.7 Å². The van der Waals surface area contributed by atoms with E-state index in [4.69, 9.17) is 14.7 Å². The minimum absolute atomic E-state index is 0.0508. The molecule has 0 bridgehead atoms. The Balaban J connectivity index is 2.37. The van der Waals surface area contributed by atoms with E-state index in [-0.39, 0.29) is 17.7 Å². The smallest absolute Gasteiger partial charge is 0.383 e. The highest BCUT2D eigenvalue weighted by atomic mass is 19.4. The lowest BCUT2D eigenvalue weighted by Gasteiger charge is -2.27. The van der Waals surface area contributed by atoms with Gasteiger partial charge in [0.15, 0.2) is 0 Å². The van der Waals surface area contributed by atoms with Crippen LogP contribution in [0, 0.1) is 11.3 Å². The number of nitrogens with zero attached hydrogens (tertiary/aromatic N) is 2. The second-order valence-corrected chi connectivity index (χ2v) is 5.19. The summed E-state index contributed by atoms with van der Waals surface area (Å²) in [6, 6.07) is 5.31. The predicted molar refractivity (Wildman–Crippen MR) is 74.6 cm³/mol. The van der Waals surface area contributed by atoms with Crippen LogP contribution in [0.3, 0.4) is 0 Å². The number of nitriles is 1. The molecule has 7 heteroatoms. The van der Waals surface area contributed by atoms with E-state index in [9.17, 15) is 13.2 Å². The summed E-state index contributed by atoms with van der Waals surface area (Å²) < 4.78 is 49.7. The van der Waals surface area contributed by atoms with E-state index in [2.05, 4.69) is 0 Å². The Morgan fingerprint density at radius 1 is 1.36 bits per heavy atom. The molecule has 1 fully saturated rings. The molecule has 2 atom stereocenters. The molecule has 1 saturated heterocycles. The van der Waals surface area contributed by atoms with Crippen molar-refractivity contribution < 1.29 is 22.6 Å². The maximum Gasteiger partial charge on any atom is 0.417 e. The van der Waals surface area contributed by atoms with Gasteiger partial charge in [0.2, 0.25) is 0 Å². The molecule has 0 spiro atoms. The zero-order chi connectivity index (χ0) is 16.3. The maximum absolute atomic E-state index is 13.1. The molecule has 0 aromatic heterocycles. The standard InChI is InChI=1S/C15H17F3N2O2/c1-21-9-12-5-13(22-2)8-20(12)11-4-3-10(7-19)14(6-11)15(16,17)18/h3-4,6,12-13H,5,8-9H2,1-2H3/t12-,13-/m0/s1. The van der Waals surface area contributed by atoms with E-state index in [0.29, 0.717) is 25.3 Å². The fourth-order valence-electron chi connectivity index (χ4n) is 2.75. The van der Waals surface area contributed by atoms with E-state index >= 15 is 0 Å². The van der Waals surface area contributed by atoms with Gasteiger partial charge in [-0.3, -0.25) is 0 Å². The highest BCUT2D eigenvalue weighted by molar-refractivity contribution is 5.56. The van der Waals surface area contributed by atoms with Crippen molar-refractivity contribution in [2.24, 2.45) is 0 Å². The summed E-state index contributed by atoms with van der Waals surface area (Å²) in [6.07, 6.45) is -3.92. The largest absolute Gasteiger partial charge is 0.417 e. The van der Waals surface area contributed by atoms with Crippen LogP contribution in [0.25, 0.3) is 0 Å². The lowest BCUT2D eigenvalue weighted by atomic mass is 10.1. The molecule has 0 unspecified atom stereocenters. The fourth-order valence-corrected chi connectivity index (χ4v) is 2.75. The predicted octanol–water partition coefficient (Wildman–Crippen LogP) is 2.82. The van der Waals surface area contributed by atoms with Crippen LogP contribution in [0.5, 0.6) is 0 Å². The van der Waals surface area contributed by atoms with E-state index in [1.54, 1.807) is 20.3 Å². The van der Waals surface area contributed by atoms with Crippen molar-refractivity contribution >= 4 is 5.69 Å². The molecule has 0 amide bonds. The van der Waals surface area contributed by atoms with Gasteiger partial charge < -0.3 is 14.4 Å². The number of hydrogen-bond acceptors (Lipinski definition) is 4. The molecule has 0 N–H and O–H groups in total. The maximum atomic E-state index is 13.1. The number of rotatable bonds is 4. The molecule has 4 nitrogen and oxygen atoms in total. The number of ether oxygens (including phenoxy) is 2. The molecular weight excluding hydrogens is 297 g/mol. The quantitative estimate of drug-likeness (QED) is 0.857. The topological polar surface area (TPSA) is 45.5 Å². The lowest BCUT2D eigenvalue weighted by molar-refractivity contribution is -0.137. The van der Waals surface area contributed by atoms with Gasteiger partial charge in [0.1, 0.15) is 0 Å². The third-order valence-corrected chi connectivity index (χ3v) is 3.83. The van der Waals surface area contributed by atoms with Crippen molar-refractivity contribution in [3.63, 3.8) is 0 Å². The summed E-state index contributed by atoms with van der Waals surface area (Å²) in [5, 5.41) is 8.85. The first-order valence-electron chi connectivity index (χ1n) is 6.80. The normalized spacial score (nSPS) is 21.9. The molecule has 1 heterocycles. The van der Waals surface area contributed by atoms with Crippen molar-refractivity contribution in [3.8, 4) is 6.07 Å². The summed E-state index contributed by atoms with van der Waals surface area (Å²) >= 11 is 0. The van der Waals surface area contributed by atoms with Crippen LogP contribution in [0.15, 0.2) is 18.2 Å². The second kappa shape index (κ2) is 6.55. The molecular formula is C15H17F3N2O2. The van der Waals surface area contributed by atoms with Gasteiger partial charge in [-0.15, -0.1) is 0 Å². The van der Waals surface area contributed by atoms with Crippen molar-refractivity contribution in [3.05, 3.63) is 29.3 Å². The Morgan fingerprint density at radius 3 is 2.64 bits per heavy atom. The van der Waals surface area contributed by atoms with E-state index in [0.717, 1.165) is 6.07 Å². The summed E-state index contributed by atoms with van der Waals surface area (Å²) in [7, 11) is 3.14. The Bertz CT molecular complexity index is 569. The van der Waals surface area contributed by atoms with Gasteiger partial charge in [0, 0.05) is 26.5 Å². The second-order valence-electron chi connectivity index (χ2n) is 5.19. The lowest BCUT2D eigenvalue weighted by Crippen LogP contribution is -2.33. The number of halogens is 3. The number of hydrogen-bond donors (Lipinski definition) is 0. The van der Waals surface area contributed by atoms with Gasteiger partial charge in [-0.2, -0.15) is 18.4 Å². The molecule has 1 aromatic rings. The average Bonchev–Trinajstić information content (AvgIpc) is 2.89. The monoisotopic (exact) mass is 314 g/mol. The highest BCUT2D eigenvalue weighted by Gasteiger charge is 2.37. The van der Waals surface area contributed by atoms with Gasteiger partial charge in [-0.25, -0.2) is 0 Å². The van der Waals surface area contributed by atoms with Crippen LogP contribution in [0.2, 0.25) is 0 Å². The van der Waals surface area contributed by atoms with Crippen LogP contribution in [0.4, 0.5) is 18.9 Å². The highest BCUT2D eigenvalue weighted by Crippen LogP contribution is 2.36. The molecule has 22 heavy (non-hydrogen) atoms. The van der Waals surface area contributed by atoms with Crippen LogP contribution in [-0.2, 0) is 15.7 Å². The number of anilines is 1. The SMILES string of the molecule is COC[C@@H]1C[C@H](OC)CN1c1ccc(C#N)c(C(F)(F)F)c1. The van der Waals surface area contributed by atoms with Crippen LogP contribution >= 0.6 is 0 Å². The van der Waals surface area contributed by atoms with Gasteiger partial charge in [0.25, 0.3) is 0 Å². The molecule has 2 rings (SSSR count). The third-order valence-electron chi connectivity index (χ3n) is 3.83. The molecule has 120 valence electrons. The zero-order valence-corrected chi connectivity index (χ0v) is 12.4. The Hall–Kier alpha value is -1.78. The van der Waals surface area contributed by atoms with Crippen LogP contribution < -0.4 is 4.90 Å². The summed E-state index contributed by atoms with van der Waals surface area (Å²) in [5.74, 6) is 0. The first kappa shape index (κ1) is 16.6. The zero-order valence-electron chi connectivity index (χ0n) is 12.4. The van der Waals surface area contributed by atoms with Crippen LogP contribution in [0.1, 0.15) is 17.5 Å². The molecule has 1 aliphatic heterocycles. The molecule has 0 aliphatic carbocycles. The molecule has 0 radical (unpaired) electrons. The third kappa shape index (κ3) is 3.34. The average molecular weight is 314 g/mol.